The van der Waals surface area contributed by atoms with Gasteiger partial charge in [0.05, 0.1) is 8.66 Å². The lowest BCUT2D eigenvalue weighted by molar-refractivity contribution is 0.0996. The summed E-state index contributed by atoms with van der Waals surface area (Å²) < 4.78 is 1.00. The number of carbonyl (C=O) groups is 1. The summed E-state index contributed by atoms with van der Waals surface area (Å²) >= 11 is 4.88. The van der Waals surface area contributed by atoms with Gasteiger partial charge in [-0.3, -0.25) is 4.79 Å². The van der Waals surface area contributed by atoms with Crippen molar-refractivity contribution in [2.45, 2.75) is 20.3 Å². The van der Waals surface area contributed by atoms with E-state index in [9.17, 15) is 4.79 Å². The first-order valence-corrected chi connectivity index (χ1v) is 7.02. The number of carbonyl (C=O) groups excluding carboxylic acids is 1. The van der Waals surface area contributed by atoms with Crippen molar-refractivity contribution < 1.29 is 4.79 Å². The highest BCUT2D eigenvalue weighted by molar-refractivity contribution is 9.11. The van der Waals surface area contributed by atoms with E-state index in [2.05, 4.69) is 41.9 Å². The fourth-order valence-electron chi connectivity index (χ4n) is 1.84. The summed E-state index contributed by atoms with van der Waals surface area (Å²) in [6, 6.07) is 9.94. The monoisotopic (exact) mass is 308 g/mol. The Morgan fingerprint density at radius 1 is 1.18 bits per heavy atom. The van der Waals surface area contributed by atoms with Crippen LogP contribution in [-0.2, 0) is 6.42 Å². The zero-order valence-corrected chi connectivity index (χ0v) is 12.2. The van der Waals surface area contributed by atoms with Crippen molar-refractivity contribution in [3.8, 4) is 0 Å². The lowest BCUT2D eigenvalue weighted by Gasteiger charge is -2.07. The van der Waals surface area contributed by atoms with Gasteiger partial charge in [-0.1, -0.05) is 18.2 Å². The van der Waals surface area contributed by atoms with E-state index in [4.69, 9.17) is 0 Å². The number of benzene rings is 1. The fourth-order valence-corrected chi connectivity index (χ4v) is 3.16. The SMILES string of the molecule is Cc1cccc(C)c1CC(=O)c1ccc(Br)s1. The van der Waals surface area contributed by atoms with Gasteiger partial charge >= 0.3 is 0 Å². The summed E-state index contributed by atoms with van der Waals surface area (Å²) in [5.41, 5.74) is 3.53. The van der Waals surface area contributed by atoms with Gasteiger partial charge in [0, 0.05) is 6.42 Å². The summed E-state index contributed by atoms with van der Waals surface area (Å²) in [6.45, 7) is 4.11. The van der Waals surface area contributed by atoms with Gasteiger partial charge in [-0.25, -0.2) is 0 Å². The molecule has 0 atom stereocenters. The molecule has 0 saturated carbocycles. The maximum atomic E-state index is 12.1. The summed E-state index contributed by atoms with van der Waals surface area (Å²) in [6.07, 6.45) is 0.492. The third-order valence-corrected chi connectivity index (χ3v) is 4.49. The number of aryl methyl sites for hydroxylation is 2. The molecule has 0 unspecified atom stereocenters. The van der Waals surface area contributed by atoms with E-state index in [1.54, 1.807) is 0 Å². The molecular formula is C14H13BrOS. The van der Waals surface area contributed by atoms with Gasteiger partial charge in [-0.15, -0.1) is 11.3 Å². The molecule has 0 aliphatic heterocycles. The van der Waals surface area contributed by atoms with Crippen molar-refractivity contribution in [1.29, 1.82) is 0 Å². The second-order valence-electron chi connectivity index (χ2n) is 4.07. The van der Waals surface area contributed by atoms with Crippen LogP contribution in [0.15, 0.2) is 34.1 Å². The molecule has 0 aliphatic rings. The van der Waals surface area contributed by atoms with E-state index < -0.39 is 0 Å². The molecule has 0 bridgehead atoms. The Bertz CT molecular complexity index is 537. The quantitative estimate of drug-likeness (QED) is 0.760. The number of halogens is 1. The Labute approximate surface area is 114 Å². The van der Waals surface area contributed by atoms with Crippen LogP contribution in [0.1, 0.15) is 26.4 Å². The first kappa shape index (κ1) is 12.5. The molecule has 0 radical (unpaired) electrons. The third-order valence-electron chi connectivity index (χ3n) is 2.83. The number of Topliss-reactive ketones (excluding diaryl/α,β-unsaturated/α-hetero) is 1. The van der Waals surface area contributed by atoms with Crippen LogP contribution in [-0.4, -0.2) is 5.78 Å². The minimum atomic E-state index is 0.193. The molecule has 0 amide bonds. The molecule has 0 saturated heterocycles. The Morgan fingerprint density at radius 2 is 1.82 bits per heavy atom. The molecule has 2 rings (SSSR count). The lowest BCUT2D eigenvalue weighted by atomic mass is 9.98. The summed E-state index contributed by atoms with van der Waals surface area (Å²) in [5.74, 6) is 0.193. The second kappa shape index (κ2) is 5.15. The van der Waals surface area contributed by atoms with E-state index in [-0.39, 0.29) is 5.78 Å². The van der Waals surface area contributed by atoms with Crippen LogP contribution in [0.2, 0.25) is 0 Å². The predicted molar refractivity (Wildman–Crippen MR) is 76.0 cm³/mol. The molecule has 1 aromatic heterocycles. The molecule has 3 heteroatoms. The van der Waals surface area contributed by atoms with E-state index >= 15 is 0 Å². The number of rotatable bonds is 3. The fraction of sp³-hybridized carbons (Fsp3) is 0.214. The van der Waals surface area contributed by atoms with Crippen molar-refractivity contribution in [3.63, 3.8) is 0 Å². The minimum absolute atomic E-state index is 0.193. The van der Waals surface area contributed by atoms with E-state index in [0.717, 1.165) is 14.2 Å². The van der Waals surface area contributed by atoms with Gasteiger partial charge in [-0.2, -0.15) is 0 Å². The minimum Gasteiger partial charge on any atom is -0.293 e. The Morgan fingerprint density at radius 3 is 2.35 bits per heavy atom. The largest absolute Gasteiger partial charge is 0.293 e. The molecule has 88 valence electrons. The van der Waals surface area contributed by atoms with Gasteiger partial charge in [0.1, 0.15) is 0 Å². The predicted octanol–water partition coefficient (Wildman–Crippen LogP) is 4.55. The van der Waals surface area contributed by atoms with E-state index in [1.807, 2.05) is 18.2 Å². The highest BCUT2D eigenvalue weighted by Gasteiger charge is 2.12. The number of hydrogen-bond donors (Lipinski definition) is 0. The Kier molecular flexibility index (Phi) is 3.79. The van der Waals surface area contributed by atoms with Crippen LogP contribution >= 0.6 is 27.3 Å². The van der Waals surface area contributed by atoms with Crippen molar-refractivity contribution in [1.82, 2.24) is 0 Å². The van der Waals surface area contributed by atoms with Crippen LogP contribution in [0.3, 0.4) is 0 Å². The smallest absolute Gasteiger partial charge is 0.177 e. The van der Waals surface area contributed by atoms with Crippen molar-refractivity contribution in [3.05, 3.63) is 55.7 Å². The number of thiophene rings is 1. The van der Waals surface area contributed by atoms with Crippen molar-refractivity contribution >= 4 is 33.0 Å². The molecule has 1 nitrogen and oxygen atoms in total. The standard InChI is InChI=1S/C14H13BrOS/c1-9-4-3-5-10(2)11(9)8-12(16)13-6-7-14(15)17-13/h3-7H,8H2,1-2H3. The number of hydrogen-bond acceptors (Lipinski definition) is 2. The van der Waals surface area contributed by atoms with Crippen molar-refractivity contribution in [2.75, 3.05) is 0 Å². The van der Waals surface area contributed by atoms with Crippen LogP contribution in [0, 0.1) is 13.8 Å². The highest BCUT2D eigenvalue weighted by atomic mass is 79.9. The molecule has 0 aliphatic carbocycles. The van der Waals surface area contributed by atoms with Gasteiger partial charge in [0.2, 0.25) is 0 Å². The third kappa shape index (κ3) is 2.85. The summed E-state index contributed by atoms with van der Waals surface area (Å²) in [5, 5.41) is 0. The van der Waals surface area contributed by atoms with Crippen LogP contribution in [0.4, 0.5) is 0 Å². The average molecular weight is 309 g/mol. The zero-order chi connectivity index (χ0) is 12.4. The molecule has 1 heterocycles. The van der Waals surface area contributed by atoms with Crippen molar-refractivity contribution in [2.24, 2.45) is 0 Å². The second-order valence-corrected chi connectivity index (χ2v) is 6.54. The van der Waals surface area contributed by atoms with Gasteiger partial charge < -0.3 is 0 Å². The molecular weight excluding hydrogens is 296 g/mol. The van der Waals surface area contributed by atoms with E-state index in [1.165, 1.54) is 22.5 Å². The molecule has 1 aromatic carbocycles. The Balaban J connectivity index is 2.24. The topological polar surface area (TPSA) is 17.1 Å². The number of ketones is 1. The first-order chi connectivity index (χ1) is 8.08. The summed E-state index contributed by atoms with van der Waals surface area (Å²) in [7, 11) is 0. The molecule has 0 spiro atoms. The molecule has 17 heavy (non-hydrogen) atoms. The van der Waals surface area contributed by atoms with Gasteiger partial charge in [-0.05, 0) is 58.6 Å². The average Bonchev–Trinajstić information content (AvgIpc) is 2.70. The van der Waals surface area contributed by atoms with Crippen LogP contribution in [0.5, 0.6) is 0 Å². The maximum Gasteiger partial charge on any atom is 0.177 e. The normalized spacial score (nSPS) is 10.5. The highest BCUT2D eigenvalue weighted by Crippen LogP contribution is 2.24. The van der Waals surface area contributed by atoms with Gasteiger partial charge in [0.25, 0.3) is 0 Å². The van der Waals surface area contributed by atoms with Gasteiger partial charge in [0.15, 0.2) is 5.78 Å². The van der Waals surface area contributed by atoms with E-state index in [0.29, 0.717) is 6.42 Å². The molecule has 0 N–H and O–H groups in total. The maximum absolute atomic E-state index is 12.1. The summed E-state index contributed by atoms with van der Waals surface area (Å²) in [4.78, 5) is 12.9. The van der Waals surface area contributed by atoms with Crippen LogP contribution < -0.4 is 0 Å². The molecule has 2 aromatic rings. The first-order valence-electron chi connectivity index (χ1n) is 5.41. The zero-order valence-electron chi connectivity index (χ0n) is 9.79. The Hall–Kier alpha value is -0.930. The lowest BCUT2D eigenvalue weighted by Crippen LogP contribution is -2.04. The molecule has 0 fully saturated rings. The van der Waals surface area contributed by atoms with Crippen LogP contribution in [0.25, 0.3) is 0 Å².